The Morgan fingerprint density at radius 3 is 2.33 bits per heavy atom. The molecule has 0 unspecified atom stereocenters. The van der Waals surface area contributed by atoms with Crippen molar-refractivity contribution in [3.8, 4) is 0 Å². The fourth-order valence-corrected chi connectivity index (χ4v) is 2.94. The highest BCUT2D eigenvalue weighted by molar-refractivity contribution is 7.92. The summed E-state index contributed by atoms with van der Waals surface area (Å²) in [6.45, 7) is 0. The van der Waals surface area contributed by atoms with E-state index in [0.29, 0.717) is 10.7 Å². The maximum Gasteiger partial charge on any atom is 0.264 e. The van der Waals surface area contributed by atoms with Gasteiger partial charge in [-0.05, 0) is 36.4 Å². The Kier molecular flexibility index (Phi) is 3.75. The van der Waals surface area contributed by atoms with Crippen LogP contribution in [0, 0.1) is 0 Å². The first-order chi connectivity index (χ1) is 8.49. The van der Waals surface area contributed by atoms with Gasteiger partial charge in [-0.3, -0.25) is 4.72 Å². The van der Waals surface area contributed by atoms with Crippen molar-refractivity contribution in [2.24, 2.45) is 0 Å². The number of hydrogen-bond donors (Lipinski definition) is 1. The SMILES string of the molecule is O=S(=O)(Nc1ccc(Cl)cc1)c1cccnc1Cl. The molecule has 1 aromatic carbocycles. The quantitative estimate of drug-likeness (QED) is 0.886. The first-order valence-corrected chi connectivity index (χ1v) is 7.12. The van der Waals surface area contributed by atoms with Crippen molar-refractivity contribution in [2.75, 3.05) is 4.72 Å². The van der Waals surface area contributed by atoms with E-state index in [1.807, 2.05) is 0 Å². The van der Waals surface area contributed by atoms with Crippen LogP contribution in [0.1, 0.15) is 0 Å². The first-order valence-electron chi connectivity index (χ1n) is 4.88. The number of hydrogen-bond acceptors (Lipinski definition) is 3. The molecule has 0 bridgehead atoms. The Balaban J connectivity index is 2.33. The number of aromatic nitrogens is 1. The van der Waals surface area contributed by atoms with Crippen LogP contribution in [0.25, 0.3) is 0 Å². The van der Waals surface area contributed by atoms with E-state index in [1.165, 1.54) is 18.3 Å². The summed E-state index contributed by atoms with van der Waals surface area (Å²) in [6, 6.07) is 9.18. The van der Waals surface area contributed by atoms with Crippen LogP contribution in [0.5, 0.6) is 0 Å². The van der Waals surface area contributed by atoms with Crippen molar-refractivity contribution < 1.29 is 8.42 Å². The van der Waals surface area contributed by atoms with Gasteiger partial charge in [-0.2, -0.15) is 0 Å². The zero-order valence-electron chi connectivity index (χ0n) is 8.97. The number of pyridine rings is 1. The fraction of sp³-hybridized carbons (Fsp3) is 0. The molecule has 2 aromatic rings. The zero-order chi connectivity index (χ0) is 13.2. The highest BCUT2D eigenvalue weighted by atomic mass is 35.5. The molecule has 94 valence electrons. The predicted molar refractivity (Wildman–Crippen MR) is 71.5 cm³/mol. The van der Waals surface area contributed by atoms with Gasteiger partial charge in [0.05, 0.1) is 0 Å². The summed E-state index contributed by atoms with van der Waals surface area (Å²) in [7, 11) is -3.74. The van der Waals surface area contributed by atoms with Gasteiger partial charge in [0.25, 0.3) is 10.0 Å². The van der Waals surface area contributed by atoms with E-state index in [2.05, 4.69) is 9.71 Å². The molecule has 0 atom stereocenters. The second kappa shape index (κ2) is 5.14. The number of sulfonamides is 1. The second-order valence-electron chi connectivity index (χ2n) is 3.40. The van der Waals surface area contributed by atoms with E-state index in [0.717, 1.165) is 0 Å². The predicted octanol–water partition coefficient (Wildman–Crippen LogP) is 3.19. The van der Waals surface area contributed by atoms with Crippen molar-refractivity contribution >= 4 is 38.9 Å². The number of anilines is 1. The minimum Gasteiger partial charge on any atom is -0.280 e. The van der Waals surface area contributed by atoms with Crippen LogP contribution in [0.2, 0.25) is 10.2 Å². The van der Waals surface area contributed by atoms with E-state index in [9.17, 15) is 8.42 Å². The fourth-order valence-electron chi connectivity index (χ4n) is 1.30. The number of rotatable bonds is 3. The molecule has 0 aliphatic carbocycles. The Morgan fingerprint density at radius 1 is 1.06 bits per heavy atom. The van der Waals surface area contributed by atoms with Crippen LogP contribution in [0.4, 0.5) is 5.69 Å². The van der Waals surface area contributed by atoms with Gasteiger partial charge in [-0.1, -0.05) is 23.2 Å². The molecule has 0 fully saturated rings. The molecule has 7 heteroatoms. The van der Waals surface area contributed by atoms with Gasteiger partial charge in [0.1, 0.15) is 10.0 Å². The van der Waals surface area contributed by atoms with E-state index in [1.54, 1.807) is 24.3 Å². The van der Waals surface area contributed by atoms with Crippen LogP contribution >= 0.6 is 23.2 Å². The van der Waals surface area contributed by atoms with Gasteiger partial charge in [0, 0.05) is 16.9 Å². The lowest BCUT2D eigenvalue weighted by molar-refractivity contribution is 0.601. The van der Waals surface area contributed by atoms with Crippen molar-refractivity contribution in [3.63, 3.8) is 0 Å². The Morgan fingerprint density at radius 2 is 1.72 bits per heavy atom. The highest BCUT2D eigenvalue weighted by Gasteiger charge is 2.18. The zero-order valence-corrected chi connectivity index (χ0v) is 11.3. The summed E-state index contributed by atoms with van der Waals surface area (Å²) in [4.78, 5) is 3.66. The number of benzene rings is 1. The molecule has 1 aromatic heterocycles. The van der Waals surface area contributed by atoms with Gasteiger partial charge in [0.2, 0.25) is 0 Å². The molecule has 0 radical (unpaired) electrons. The molecular weight excluding hydrogens is 295 g/mol. The van der Waals surface area contributed by atoms with Crippen molar-refractivity contribution in [1.82, 2.24) is 4.98 Å². The average molecular weight is 303 g/mol. The minimum absolute atomic E-state index is 0.0679. The molecule has 18 heavy (non-hydrogen) atoms. The Labute approximate surface area is 115 Å². The van der Waals surface area contributed by atoms with Gasteiger partial charge >= 0.3 is 0 Å². The third-order valence-corrected chi connectivity index (χ3v) is 4.19. The summed E-state index contributed by atoms with van der Waals surface area (Å²) in [5.74, 6) is 0. The van der Waals surface area contributed by atoms with Gasteiger partial charge in [-0.15, -0.1) is 0 Å². The lowest BCUT2D eigenvalue weighted by atomic mass is 10.3. The molecule has 0 amide bonds. The van der Waals surface area contributed by atoms with Crippen LogP contribution < -0.4 is 4.72 Å². The highest BCUT2D eigenvalue weighted by Crippen LogP contribution is 2.22. The van der Waals surface area contributed by atoms with Gasteiger partial charge in [-0.25, -0.2) is 13.4 Å². The Hall–Kier alpha value is -1.30. The minimum atomic E-state index is -3.74. The maximum atomic E-state index is 12.0. The molecule has 4 nitrogen and oxygen atoms in total. The van der Waals surface area contributed by atoms with Crippen molar-refractivity contribution in [1.29, 1.82) is 0 Å². The molecule has 2 rings (SSSR count). The summed E-state index contributed by atoms with van der Waals surface area (Å²) in [6.07, 6.45) is 1.42. The monoisotopic (exact) mass is 302 g/mol. The topological polar surface area (TPSA) is 59.1 Å². The average Bonchev–Trinajstić information content (AvgIpc) is 2.32. The van der Waals surface area contributed by atoms with Gasteiger partial charge < -0.3 is 0 Å². The summed E-state index contributed by atoms with van der Waals surface area (Å²) in [5.41, 5.74) is 0.402. The van der Waals surface area contributed by atoms with E-state index in [4.69, 9.17) is 23.2 Å². The van der Waals surface area contributed by atoms with E-state index in [-0.39, 0.29) is 10.0 Å². The number of halogens is 2. The second-order valence-corrected chi connectivity index (χ2v) is 5.85. The smallest absolute Gasteiger partial charge is 0.264 e. The lowest BCUT2D eigenvalue weighted by Gasteiger charge is -2.08. The van der Waals surface area contributed by atoms with Crippen LogP contribution in [-0.2, 0) is 10.0 Å². The van der Waals surface area contributed by atoms with Crippen molar-refractivity contribution in [3.05, 3.63) is 52.8 Å². The summed E-state index contributed by atoms with van der Waals surface area (Å²) in [5, 5.41) is 0.455. The molecule has 0 aliphatic heterocycles. The van der Waals surface area contributed by atoms with Crippen LogP contribution in [0.15, 0.2) is 47.5 Å². The van der Waals surface area contributed by atoms with Crippen LogP contribution in [-0.4, -0.2) is 13.4 Å². The largest absolute Gasteiger partial charge is 0.280 e. The number of nitrogens with one attached hydrogen (secondary N) is 1. The molecule has 0 saturated heterocycles. The molecule has 1 N–H and O–H groups in total. The summed E-state index contributed by atoms with van der Waals surface area (Å²) < 4.78 is 26.5. The first kappa shape index (κ1) is 13.1. The molecule has 1 heterocycles. The lowest BCUT2D eigenvalue weighted by Crippen LogP contribution is -2.13. The van der Waals surface area contributed by atoms with E-state index < -0.39 is 10.0 Å². The normalized spacial score (nSPS) is 11.2. The molecule has 0 saturated carbocycles. The standard InChI is InChI=1S/C11H8Cl2N2O2S/c12-8-3-5-9(6-4-8)15-18(16,17)10-2-1-7-14-11(10)13/h1-7,15H. The van der Waals surface area contributed by atoms with Gasteiger partial charge in [0.15, 0.2) is 0 Å². The molecular formula is C11H8Cl2N2O2S. The third kappa shape index (κ3) is 2.93. The van der Waals surface area contributed by atoms with Crippen molar-refractivity contribution in [2.45, 2.75) is 4.90 Å². The summed E-state index contributed by atoms with van der Waals surface area (Å²) >= 11 is 11.5. The number of nitrogens with zero attached hydrogens (tertiary/aromatic N) is 1. The third-order valence-electron chi connectivity index (χ3n) is 2.11. The Bertz CT molecular complexity index is 657. The maximum absolute atomic E-state index is 12.0. The van der Waals surface area contributed by atoms with Crippen LogP contribution in [0.3, 0.4) is 0 Å². The molecule has 0 aliphatic rings. The molecule has 0 spiro atoms. The van der Waals surface area contributed by atoms with E-state index >= 15 is 0 Å².